The second-order valence-electron chi connectivity index (χ2n) is 2.61. The first-order valence-electron chi connectivity index (χ1n) is 3.91. The van der Waals surface area contributed by atoms with Crippen LogP contribution in [-0.4, -0.2) is 7.11 Å². The maximum atomic E-state index is 5.72. The molecule has 0 aliphatic rings. The van der Waals surface area contributed by atoms with E-state index in [4.69, 9.17) is 16.2 Å². The van der Waals surface area contributed by atoms with Gasteiger partial charge in [0, 0.05) is 0 Å². The minimum atomic E-state index is 0.539. The van der Waals surface area contributed by atoms with Crippen molar-refractivity contribution in [2.45, 2.75) is 13.3 Å². The first kappa shape index (κ1) is 8.71. The molecule has 0 spiro atoms. The van der Waals surface area contributed by atoms with Crippen molar-refractivity contribution in [1.82, 2.24) is 0 Å². The minimum Gasteiger partial charge on any atom is -0.494 e. The average Bonchev–Trinajstić information content (AvgIpc) is 2.09. The van der Waals surface area contributed by atoms with Crippen LogP contribution in [0.5, 0.6) is 5.75 Å². The summed E-state index contributed by atoms with van der Waals surface area (Å²) < 4.78 is 5.14. The summed E-state index contributed by atoms with van der Waals surface area (Å²) in [5.41, 5.74) is 13.5. The second-order valence-corrected chi connectivity index (χ2v) is 2.61. The van der Waals surface area contributed by atoms with E-state index >= 15 is 0 Å². The number of ether oxygens (including phenoxy) is 1. The maximum absolute atomic E-state index is 5.72. The Bertz CT molecular complexity index is 284. The number of nitrogen functional groups attached to an aromatic ring is 2. The van der Waals surface area contributed by atoms with Crippen molar-refractivity contribution >= 4 is 11.4 Å². The lowest BCUT2D eigenvalue weighted by Crippen LogP contribution is -2.00. The molecule has 0 heterocycles. The molecule has 0 aliphatic heterocycles. The van der Waals surface area contributed by atoms with E-state index in [-0.39, 0.29) is 0 Å². The summed E-state index contributed by atoms with van der Waals surface area (Å²) in [6, 6.07) is 3.74. The number of aryl methyl sites for hydroxylation is 1. The number of rotatable bonds is 2. The zero-order valence-corrected chi connectivity index (χ0v) is 7.42. The Labute approximate surface area is 72.3 Å². The summed E-state index contributed by atoms with van der Waals surface area (Å²) in [6.45, 7) is 2.05. The van der Waals surface area contributed by atoms with Gasteiger partial charge in [0.15, 0.2) is 0 Å². The molecule has 0 amide bonds. The van der Waals surface area contributed by atoms with E-state index in [1.165, 1.54) is 0 Å². The molecule has 0 saturated carbocycles. The molecule has 66 valence electrons. The highest BCUT2D eigenvalue weighted by molar-refractivity contribution is 5.72. The Hall–Kier alpha value is -1.38. The van der Waals surface area contributed by atoms with Crippen LogP contribution >= 0.6 is 0 Å². The van der Waals surface area contributed by atoms with Gasteiger partial charge in [-0.2, -0.15) is 0 Å². The summed E-state index contributed by atoms with van der Waals surface area (Å²) in [5.74, 6) is 0.706. The molecule has 0 bridgehead atoms. The van der Waals surface area contributed by atoms with Crippen LogP contribution in [0.25, 0.3) is 0 Å². The summed E-state index contributed by atoms with van der Waals surface area (Å²) in [6.07, 6.45) is 0.896. The van der Waals surface area contributed by atoms with Gasteiger partial charge >= 0.3 is 0 Å². The normalized spacial score (nSPS) is 9.83. The monoisotopic (exact) mass is 166 g/mol. The highest BCUT2D eigenvalue weighted by atomic mass is 16.5. The fraction of sp³-hybridized carbons (Fsp3) is 0.333. The lowest BCUT2D eigenvalue weighted by Gasteiger charge is -2.10. The van der Waals surface area contributed by atoms with Crippen LogP contribution in [0.1, 0.15) is 12.5 Å². The SMILES string of the molecule is CCc1ccc(N)c(N)c1OC. The van der Waals surface area contributed by atoms with Crippen LogP contribution in [0.3, 0.4) is 0 Å². The molecule has 1 aromatic carbocycles. The predicted molar refractivity (Wildman–Crippen MR) is 51.2 cm³/mol. The van der Waals surface area contributed by atoms with Gasteiger partial charge in [-0.1, -0.05) is 13.0 Å². The molecule has 0 aromatic heterocycles. The van der Waals surface area contributed by atoms with Gasteiger partial charge in [-0.05, 0) is 18.1 Å². The van der Waals surface area contributed by atoms with Crippen molar-refractivity contribution < 1.29 is 4.74 Å². The molecule has 0 radical (unpaired) electrons. The van der Waals surface area contributed by atoms with Crippen molar-refractivity contribution in [3.63, 3.8) is 0 Å². The molecule has 1 aromatic rings. The quantitative estimate of drug-likeness (QED) is 0.653. The standard InChI is InChI=1S/C9H14N2O/c1-3-6-4-5-7(10)8(11)9(6)12-2/h4-5H,3,10-11H2,1-2H3. The van der Waals surface area contributed by atoms with Crippen LogP contribution in [-0.2, 0) is 6.42 Å². The predicted octanol–water partition coefficient (Wildman–Crippen LogP) is 1.42. The number of anilines is 2. The molecule has 4 N–H and O–H groups in total. The van der Waals surface area contributed by atoms with E-state index < -0.39 is 0 Å². The Balaban J connectivity index is 3.25. The zero-order chi connectivity index (χ0) is 9.14. The summed E-state index contributed by atoms with van der Waals surface area (Å²) in [5, 5.41) is 0. The van der Waals surface area contributed by atoms with E-state index in [2.05, 4.69) is 0 Å². The van der Waals surface area contributed by atoms with E-state index in [0.29, 0.717) is 17.1 Å². The van der Waals surface area contributed by atoms with Gasteiger partial charge < -0.3 is 16.2 Å². The number of benzene rings is 1. The van der Waals surface area contributed by atoms with Gasteiger partial charge in [-0.3, -0.25) is 0 Å². The lowest BCUT2D eigenvalue weighted by molar-refractivity contribution is 0.412. The molecular formula is C9H14N2O. The smallest absolute Gasteiger partial charge is 0.147 e. The van der Waals surface area contributed by atoms with Crippen molar-refractivity contribution in [1.29, 1.82) is 0 Å². The number of hydrogen-bond acceptors (Lipinski definition) is 3. The Morgan fingerprint density at radius 2 is 2.00 bits per heavy atom. The molecule has 0 atom stereocenters. The largest absolute Gasteiger partial charge is 0.494 e. The zero-order valence-electron chi connectivity index (χ0n) is 7.42. The van der Waals surface area contributed by atoms with Crippen LogP contribution in [0.2, 0.25) is 0 Å². The third kappa shape index (κ3) is 1.30. The van der Waals surface area contributed by atoms with E-state index in [0.717, 1.165) is 12.0 Å². The van der Waals surface area contributed by atoms with E-state index in [9.17, 15) is 0 Å². The Morgan fingerprint density at radius 1 is 1.33 bits per heavy atom. The summed E-state index contributed by atoms with van der Waals surface area (Å²) >= 11 is 0. The van der Waals surface area contributed by atoms with Crippen molar-refractivity contribution in [2.75, 3.05) is 18.6 Å². The van der Waals surface area contributed by atoms with Crippen LogP contribution in [0.15, 0.2) is 12.1 Å². The fourth-order valence-electron chi connectivity index (χ4n) is 1.18. The Kier molecular flexibility index (Phi) is 2.43. The van der Waals surface area contributed by atoms with Crippen molar-refractivity contribution in [3.05, 3.63) is 17.7 Å². The van der Waals surface area contributed by atoms with Gasteiger partial charge in [-0.25, -0.2) is 0 Å². The third-order valence-corrected chi connectivity index (χ3v) is 1.90. The fourth-order valence-corrected chi connectivity index (χ4v) is 1.18. The highest BCUT2D eigenvalue weighted by Gasteiger charge is 2.07. The molecule has 12 heavy (non-hydrogen) atoms. The van der Waals surface area contributed by atoms with E-state index in [1.54, 1.807) is 13.2 Å². The van der Waals surface area contributed by atoms with Crippen molar-refractivity contribution in [3.8, 4) is 5.75 Å². The van der Waals surface area contributed by atoms with Gasteiger partial charge in [0.05, 0.1) is 18.5 Å². The minimum absolute atomic E-state index is 0.539. The van der Waals surface area contributed by atoms with Gasteiger partial charge in [-0.15, -0.1) is 0 Å². The lowest BCUT2D eigenvalue weighted by atomic mass is 10.1. The summed E-state index contributed by atoms with van der Waals surface area (Å²) in [7, 11) is 1.60. The topological polar surface area (TPSA) is 61.3 Å². The van der Waals surface area contributed by atoms with E-state index in [1.807, 2.05) is 13.0 Å². The maximum Gasteiger partial charge on any atom is 0.147 e. The average molecular weight is 166 g/mol. The number of nitrogens with two attached hydrogens (primary N) is 2. The van der Waals surface area contributed by atoms with Gasteiger partial charge in [0.2, 0.25) is 0 Å². The molecule has 1 rings (SSSR count). The first-order valence-corrected chi connectivity index (χ1v) is 3.91. The van der Waals surface area contributed by atoms with Crippen LogP contribution < -0.4 is 16.2 Å². The molecule has 0 saturated heterocycles. The number of hydrogen-bond donors (Lipinski definition) is 2. The van der Waals surface area contributed by atoms with Crippen LogP contribution in [0, 0.1) is 0 Å². The molecule has 3 nitrogen and oxygen atoms in total. The van der Waals surface area contributed by atoms with Crippen LogP contribution in [0.4, 0.5) is 11.4 Å². The molecule has 0 unspecified atom stereocenters. The highest BCUT2D eigenvalue weighted by Crippen LogP contribution is 2.31. The first-order chi connectivity index (χ1) is 5.70. The summed E-state index contributed by atoms with van der Waals surface area (Å²) in [4.78, 5) is 0. The molecule has 0 fully saturated rings. The molecule has 3 heteroatoms. The molecular weight excluding hydrogens is 152 g/mol. The van der Waals surface area contributed by atoms with Gasteiger partial charge in [0.1, 0.15) is 5.75 Å². The number of methoxy groups -OCH3 is 1. The van der Waals surface area contributed by atoms with Crippen molar-refractivity contribution in [2.24, 2.45) is 0 Å². The van der Waals surface area contributed by atoms with Gasteiger partial charge in [0.25, 0.3) is 0 Å². The Morgan fingerprint density at radius 3 is 2.50 bits per heavy atom. The second kappa shape index (κ2) is 3.34. The molecule has 0 aliphatic carbocycles. The third-order valence-electron chi connectivity index (χ3n) is 1.90.